The first-order chi connectivity index (χ1) is 8.25. The van der Waals surface area contributed by atoms with E-state index in [1.165, 1.54) is 0 Å². The van der Waals surface area contributed by atoms with Crippen molar-refractivity contribution >= 4 is 15.9 Å². The highest BCUT2D eigenvalue weighted by Crippen LogP contribution is 2.14. The van der Waals surface area contributed by atoms with E-state index in [4.69, 9.17) is 5.14 Å². The molecule has 1 amide bonds. The third kappa shape index (κ3) is 3.51. The molecule has 0 radical (unpaired) electrons. The Morgan fingerprint density at radius 3 is 2.61 bits per heavy atom. The second kappa shape index (κ2) is 5.45. The first kappa shape index (κ1) is 14.6. The molecule has 0 saturated heterocycles. The van der Waals surface area contributed by atoms with Crippen LogP contribution < -0.4 is 10.5 Å². The van der Waals surface area contributed by atoms with E-state index in [2.05, 4.69) is 5.32 Å². The first-order valence-corrected chi connectivity index (χ1v) is 6.93. The van der Waals surface area contributed by atoms with Gasteiger partial charge in [-0.15, -0.1) is 0 Å². The van der Waals surface area contributed by atoms with Crippen molar-refractivity contribution in [3.05, 3.63) is 29.6 Å². The predicted molar refractivity (Wildman–Crippen MR) is 65.0 cm³/mol. The third-order valence-corrected chi connectivity index (χ3v) is 3.41. The van der Waals surface area contributed by atoms with Gasteiger partial charge < -0.3 is 5.32 Å². The SMILES string of the molecule is CCC(C)NC(=O)c1cc(S(N)(=O)=O)ccc1F. The molecule has 0 heterocycles. The lowest BCUT2D eigenvalue weighted by molar-refractivity contribution is 0.0935. The number of carbonyl (C=O) groups is 1. The average molecular weight is 274 g/mol. The number of nitrogens with one attached hydrogen (secondary N) is 1. The monoisotopic (exact) mass is 274 g/mol. The zero-order valence-corrected chi connectivity index (χ0v) is 10.9. The van der Waals surface area contributed by atoms with E-state index in [-0.39, 0.29) is 16.5 Å². The standard InChI is InChI=1S/C11H15FN2O3S/c1-3-7(2)14-11(15)9-6-8(18(13,16)17)4-5-10(9)12/h4-7H,3H2,1-2H3,(H,14,15)(H2,13,16,17). The molecular weight excluding hydrogens is 259 g/mol. The molecule has 0 aromatic heterocycles. The zero-order valence-electron chi connectivity index (χ0n) is 10.1. The van der Waals surface area contributed by atoms with E-state index in [1.807, 2.05) is 6.92 Å². The van der Waals surface area contributed by atoms with Gasteiger partial charge >= 0.3 is 0 Å². The molecule has 1 aromatic carbocycles. The van der Waals surface area contributed by atoms with Crippen molar-refractivity contribution < 1.29 is 17.6 Å². The van der Waals surface area contributed by atoms with E-state index in [0.717, 1.165) is 18.2 Å². The van der Waals surface area contributed by atoms with E-state index >= 15 is 0 Å². The maximum atomic E-state index is 13.5. The fourth-order valence-electron chi connectivity index (χ4n) is 1.26. The van der Waals surface area contributed by atoms with Crippen molar-refractivity contribution in [2.24, 2.45) is 5.14 Å². The number of primary sulfonamides is 1. The molecule has 0 bridgehead atoms. The molecule has 1 rings (SSSR count). The van der Waals surface area contributed by atoms with Crippen LogP contribution >= 0.6 is 0 Å². The summed E-state index contributed by atoms with van der Waals surface area (Å²) in [5.41, 5.74) is -0.332. The van der Waals surface area contributed by atoms with Crippen LogP contribution in [-0.4, -0.2) is 20.4 Å². The number of hydrogen-bond donors (Lipinski definition) is 2. The van der Waals surface area contributed by atoms with Gasteiger partial charge in [0.25, 0.3) is 5.91 Å². The fraction of sp³-hybridized carbons (Fsp3) is 0.364. The van der Waals surface area contributed by atoms with Gasteiger partial charge in [-0.2, -0.15) is 0 Å². The van der Waals surface area contributed by atoms with Crippen LogP contribution in [-0.2, 0) is 10.0 Å². The van der Waals surface area contributed by atoms with Crippen LogP contribution in [0.4, 0.5) is 4.39 Å². The largest absolute Gasteiger partial charge is 0.350 e. The van der Waals surface area contributed by atoms with Crippen molar-refractivity contribution in [3.8, 4) is 0 Å². The lowest BCUT2D eigenvalue weighted by Gasteiger charge is -2.12. The number of carbonyl (C=O) groups excluding carboxylic acids is 1. The molecule has 5 nitrogen and oxygen atoms in total. The molecule has 0 fully saturated rings. The third-order valence-electron chi connectivity index (χ3n) is 2.50. The quantitative estimate of drug-likeness (QED) is 0.858. The van der Waals surface area contributed by atoms with Crippen LogP contribution in [0.1, 0.15) is 30.6 Å². The maximum absolute atomic E-state index is 13.5. The Kier molecular flexibility index (Phi) is 4.42. The van der Waals surface area contributed by atoms with E-state index in [9.17, 15) is 17.6 Å². The molecule has 0 spiro atoms. The summed E-state index contributed by atoms with van der Waals surface area (Å²) in [6, 6.07) is 2.73. The van der Waals surface area contributed by atoms with Crippen LogP contribution in [0.15, 0.2) is 23.1 Å². The van der Waals surface area contributed by atoms with E-state index in [1.54, 1.807) is 6.92 Å². The van der Waals surface area contributed by atoms with Gasteiger partial charge in [0.1, 0.15) is 5.82 Å². The molecule has 0 aliphatic carbocycles. The van der Waals surface area contributed by atoms with E-state index < -0.39 is 21.7 Å². The summed E-state index contributed by atoms with van der Waals surface area (Å²) in [6.45, 7) is 3.63. The van der Waals surface area contributed by atoms with Crippen molar-refractivity contribution in [1.29, 1.82) is 0 Å². The smallest absolute Gasteiger partial charge is 0.254 e. The summed E-state index contributed by atoms with van der Waals surface area (Å²) >= 11 is 0. The molecule has 1 aromatic rings. The first-order valence-electron chi connectivity index (χ1n) is 5.39. The molecule has 0 saturated carbocycles. The Morgan fingerprint density at radius 1 is 1.50 bits per heavy atom. The van der Waals surface area contributed by atoms with Crippen molar-refractivity contribution in [2.75, 3.05) is 0 Å². The normalized spacial score (nSPS) is 13.1. The summed E-state index contributed by atoms with van der Waals surface area (Å²) in [4.78, 5) is 11.4. The second-order valence-corrected chi connectivity index (χ2v) is 5.53. The molecule has 18 heavy (non-hydrogen) atoms. The van der Waals surface area contributed by atoms with Gasteiger partial charge in [-0.05, 0) is 31.5 Å². The highest BCUT2D eigenvalue weighted by molar-refractivity contribution is 7.89. The number of hydrogen-bond acceptors (Lipinski definition) is 3. The molecule has 0 aliphatic heterocycles. The Labute approximate surface area is 105 Å². The summed E-state index contributed by atoms with van der Waals surface area (Å²) in [5, 5.41) is 7.47. The molecule has 1 atom stereocenters. The van der Waals surface area contributed by atoms with Crippen LogP contribution in [0.5, 0.6) is 0 Å². The number of nitrogens with two attached hydrogens (primary N) is 1. The van der Waals surface area contributed by atoms with Gasteiger partial charge in [0.2, 0.25) is 10.0 Å². The zero-order chi connectivity index (χ0) is 13.9. The lowest BCUT2D eigenvalue weighted by Crippen LogP contribution is -2.32. The van der Waals surface area contributed by atoms with Crippen molar-refractivity contribution in [3.63, 3.8) is 0 Å². The predicted octanol–water partition coefficient (Wildman–Crippen LogP) is 1.00. The number of halogens is 1. The Balaban J connectivity index is 3.12. The summed E-state index contributed by atoms with van der Waals surface area (Å²) < 4.78 is 35.7. The Hall–Kier alpha value is -1.47. The van der Waals surface area contributed by atoms with Gasteiger partial charge in [0.15, 0.2) is 0 Å². The van der Waals surface area contributed by atoms with Gasteiger partial charge in [-0.25, -0.2) is 17.9 Å². The molecule has 100 valence electrons. The van der Waals surface area contributed by atoms with Gasteiger partial charge in [-0.3, -0.25) is 4.79 Å². The van der Waals surface area contributed by atoms with Crippen LogP contribution in [0.3, 0.4) is 0 Å². The summed E-state index contributed by atoms with van der Waals surface area (Å²) in [7, 11) is -3.96. The van der Waals surface area contributed by atoms with Gasteiger partial charge in [0, 0.05) is 6.04 Å². The van der Waals surface area contributed by atoms with Crippen LogP contribution in [0.25, 0.3) is 0 Å². The molecule has 7 heteroatoms. The van der Waals surface area contributed by atoms with Crippen LogP contribution in [0.2, 0.25) is 0 Å². The molecular formula is C11H15FN2O3S. The average Bonchev–Trinajstić information content (AvgIpc) is 2.27. The minimum Gasteiger partial charge on any atom is -0.350 e. The molecule has 1 unspecified atom stereocenters. The minimum absolute atomic E-state index is 0.130. The summed E-state index contributed by atoms with van der Waals surface area (Å²) in [6.07, 6.45) is 0.683. The van der Waals surface area contributed by atoms with Crippen LogP contribution in [0, 0.1) is 5.82 Å². The maximum Gasteiger partial charge on any atom is 0.254 e. The highest BCUT2D eigenvalue weighted by Gasteiger charge is 2.17. The van der Waals surface area contributed by atoms with E-state index in [0.29, 0.717) is 6.42 Å². The highest BCUT2D eigenvalue weighted by atomic mass is 32.2. The minimum atomic E-state index is -3.96. The van der Waals surface area contributed by atoms with Crippen molar-refractivity contribution in [2.45, 2.75) is 31.2 Å². The molecule has 3 N–H and O–H groups in total. The van der Waals surface area contributed by atoms with Gasteiger partial charge in [-0.1, -0.05) is 6.92 Å². The molecule has 0 aliphatic rings. The summed E-state index contributed by atoms with van der Waals surface area (Å²) in [5.74, 6) is -1.45. The second-order valence-electron chi connectivity index (χ2n) is 3.97. The topological polar surface area (TPSA) is 89.3 Å². The number of benzene rings is 1. The Bertz CT molecular complexity index is 557. The number of amides is 1. The van der Waals surface area contributed by atoms with Gasteiger partial charge in [0.05, 0.1) is 10.5 Å². The lowest BCUT2D eigenvalue weighted by atomic mass is 10.1. The number of rotatable bonds is 4. The number of sulfonamides is 1. The Morgan fingerprint density at radius 2 is 2.11 bits per heavy atom. The fourth-order valence-corrected chi connectivity index (χ4v) is 1.80. The van der Waals surface area contributed by atoms with Crippen molar-refractivity contribution in [1.82, 2.24) is 5.32 Å².